The van der Waals surface area contributed by atoms with Crippen LogP contribution in [0.25, 0.3) is 0 Å². The summed E-state index contributed by atoms with van der Waals surface area (Å²) < 4.78 is 24.5. The Kier molecular flexibility index (Phi) is 2.77. The minimum absolute atomic E-state index is 0.115. The molecule has 13 heavy (non-hydrogen) atoms. The lowest BCUT2D eigenvalue weighted by atomic mass is 10.1. The number of rotatable bonds is 2. The zero-order valence-corrected chi connectivity index (χ0v) is 6.92. The number of carbonyl (C=O) groups is 1. The van der Waals surface area contributed by atoms with Crippen LogP contribution in [0.5, 0.6) is 5.75 Å². The Balaban J connectivity index is 3.43. The summed E-state index contributed by atoms with van der Waals surface area (Å²) >= 11 is 5.31. The fourth-order valence-electron chi connectivity index (χ4n) is 0.837. The molecule has 0 unspecified atom stereocenters. The van der Waals surface area contributed by atoms with Gasteiger partial charge in [0, 0.05) is 0 Å². The van der Waals surface area contributed by atoms with Crippen LogP contribution < -0.4 is 0 Å². The first-order valence-electron chi connectivity index (χ1n) is 3.18. The van der Waals surface area contributed by atoms with E-state index in [1.165, 1.54) is 0 Å². The van der Waals surface area contributed by atoms with Crippen molar-refractivity contribution in [2.45, 2.75) is 6.43 Å². The second-order valence-corrected chi connectivity index (χ2v) is 2.54. The first-order valence-corrected chi connectivity index (χ1v) is 3.56. The quantitative estimate of drug-likeness (QED) is 0.597. The van der Waals surface area contributed by atoms with Crippen molar-refractivity contribution in [2.75, 3.05) is 0 Å². The number of halogens is 3. The zero-order valence-electron chi connectivity index (χ0n) is 6.17. The van der Waals surface area contributed by atoms with Crippen molar-refractivity contribution in [2.24, 2.45) is 0 Å². The van der Waals surface area contributed by atoms with E-state index in [-0.39, 0.29) is 6.29 Å². The molecule has 0 aliphatic rings. The van der Waals surface area contributed by atoms with E-state index in [0.29, 0.717) is 0 Å². The minimum Gasteiger partial charge on any atom is -0.506 e. The lowest BCUT2D eigenvalue weighted by Crippen LogP contribution is -1.97. The SMILES string of the molecule is O=Cc1c(O)cnc(Cl)c1C(F)F. The summed E-state index contributed by atoms with van der Waals surface area (Å²) in [5, 5.41) is 8.50. The molecule has 1 N–H and O–H groups in total. The van der Waals surface area contributed by atoms with E-state index in [0.717, 1.165) is 6.20 Å². The predicted molar refractivity (Wildman–Crippen MR) is 41.3 cm³/mol. The van der Waals surface area contributed by atoms with Crippen molar-refractivity contribution in [3.8, 4) is 5.75 Å². The van der Waals surface area contributed by atoms with Crippen LogP contribution in [0.15, 0.2) is 6.20 Å². The van der Waals surface area contributed by atoms with Gasteiger partial charge in [-0.2, -0.15) is 0 Å². The second kappa shape index (κ2) is 3.66. The van der Waals surface area contributed by atoms with Crippen LogP contribution in [-0.2, 0) is 0 Å². The maximum atomic E-state index is 12.3. The number of carbonyl (C=O) groups excluding carboxylic acids is 1. The van der Waals surface area contributed by atoms with Gasteiger partial charge < -0.3 is 5.11 Å². The first kappa shape index (κ1) is 9.85. The average Bonchev–Trinajstić information content (AvgIpc) is 2.07. The molecular formula is C7H4ClF2NO2. The van der Waals surface area contributed by atoms with Gasteiger partial charge in [-0.1, -0.05) is 11.6 Å². The summed E-state index contributed by atoms with van der Waals surface area (Å²) in [6.45, 7) is 0. The van der Waals surface area contributed by atoms with Crippen LogP contribution in [0.4, 0.5) is 8.78 Å². The van der Waals surface area contributed by atoms with Crippen LogP contribution in [-0.4, -0.2) is 16.4 Å². The van der Waals surface area contributed by atoms with Gasteiger partial charge in [0.1, 0.15) is 10.9 Å². The van der Waals surface area contributed by atoms with Crippen molar-refractivity contribution in [1.82, 2.24) is 4.98 Å². The van der Waals surface area contributed by atoms with E-state index >= 15 is 0 Å². The highest BCUT2D eigenvalue weighted by Gasteiger charge is 2.20. The summed E-state index contributed by atoms with van der Waals surface area (Å²) in [6.07, 6.45) is -1.98. The van der Waals surface area contributed by atoms with E-state index in [9.17, 15) is 13.6 Å². The summed E-state index contributed by atoms with van der Waals surface area (Å²) in [4.78, 5) is 13.6. The van der Waals surface area contributed by atoms with Gasteiger partial charge in [0.2, 0.25) is 0 Å². The number of aromatic nitrogens is 1. The van der Waals surface area contributed by atoms with E-state index in [2.05, 4.69) is 4.98 Å². The van der Waals surface area contributed by atoms with E-state index in [1.807, 2.05) is 0 Å². The summed E-state index contributed by atoms with van der Waals surface area (Å²) in [5.74, 6) is -0.602. The lowest BCUT2D eigenvalue weighted by Gasteiger charge is -2.06. The van der Waals surface area contributed by atoms with Gasteiger partial charge in [0.15, 0.2) is 6.29 Å². The van der Waals surface area contributed by atoms with Crippen LogP contribution in [0.2, 0.25) is 5.15 Å². The third-order valence-electron chi connectivity index (χ3n) is 1.42. The number of aldehydes is 1. The molecular weight excluding hydrogens is 204 g/mol. The number of nitrogens with zero attached hydrogens (tertiary/aromatic N) is 1. The molecule has 0 amide bonds. The Labute approximate surface area is 77.0 Å². The molecule has 70 valence electrons. The zero-order chi connectivity index (χ0) is 10.0. The Morgan fingerprint density at radius 2 is 2.23 bits per heavy atom. The van der Waals surface area contributed by atoms with Crippen molar-refractivity contribution >= 4 is 17.9 Å². The number of alkyl halides is 2. The van der Waals surface area contributed by atoms with Crippen LogP contribution in [0.3, 0.4) is 0 Å². The lowest BCUT2D eigenvalue weighted by molar-refractivity contribution is 0.110. The van der Waals surface area contributed by atoms with Gasteiger partial charge in [-0.05, 0) is 0 Å². The molecule has 0 radical (unpaired) electrons. The molecule has 0 aliphatic carbocycles. The fourth-order valence-corrected chi connectivity index (χ4v) is 1.07. The molecule has 0 bridgehead atoms. The Morgan fingerprint density at radius 1 is 1.62 bits per heavy atom. The molecule has 1 rings (SSSR count). The molecule has 0 saturated heterocycles. The van der Waals surface area contributed by atoms with Crippen LogP contribution >= 0.6 is 11.6 Å². The summed E-state index contributed by atoms with van der Waals surface area (Å²) in [7, 11) is 0. The van der Waals surface area contributed by atoms with E-state index in [1.54, 1.807) is 0 Å². The number of pyridine rings is 1. The molecule has 0 spiro atoms. The summed E-state index contributed by atoms with van der Waals surface area (Å²) in [5.41, 5.74) is -1.26. The normalized spacial score (nSPS) is 10.5. The Morgan fingerprint density at radius 3 is 2.62 bits per heavy atom. The first-order chi connectivity index (χ1) is 6.07. The number of hydrogen-bond acceptors (Lipinski definition) is 3. The average molecular weight is 208 g/mol. The maximum absolute atomic E-state index is 12.3. The van der Waals surface area contributed by atoms with Crippen LogP contribution in [0.1, 0.15) is 22.3 Å². The fraction of sp³-hybridized carbons (Fsp3) is 0.143. The van der Waals surface area contributed by atoms with Gasteiger partial charge in [0.25, 0.3) is 6.43 Å². The smallest absolute Gasteiger partial charge is 0.267 e. The Bertz CT molecular complexity index is 344. The molecule has 1 heterocycles. The number of aromatic hydroxyl groups is 1. The molecule has 0 aromatic carbocycles. The molecule has 0 saturated carbocycles. The van der Waals surface area contributed by atoms with Crippen molar-refractivity contribution in [3.63, 3.8) is 0 Å². The highest BCUT2D eigenvalue weighted by Crippen LogP contribution is 2.32. The van der Waals surface area contributed by atoms with Crippen LogP contribution in [0, 0.1) is 0 Å². The number of hydrogen-bond donors (Lipinski definition) is 1. The molecule has 0 fully saturated rings. The second-order valence-electron chi connectivity index (χ2n) is 2.18. The predicted octanol–water partition coefficient (Wildman–Crippen LogP) is 2.19. The highest BCUT2D eigenvalue weighted by atomic mass is 35.5. The van der Waals surface area contributed by atoms with Gasteiger partial charge in [0.05, 0.1) is 17.3 Å². The van der Waals surface area contributed by atoms with Gasteiger partial charge in [-0.25, -0.2) is 13.8 Å². The molecule has 0 aliphatic heterocycles. The third-order valence-corrected chi connectivity index (χ3v) is 1.73. The van der Waals surface area contributed by atoms with Gasteiger partial charge >= 0.3 is 0 Å². The monoisotopic (exact) mass is 207 g/mol. The molecule has 3 nitrogen and oxygen atoms in total. The maximum Gasteiger partial charge on any atom is 0.267 e. The standard InChI is InChI=1S/C7H4ClF2NO2/c8-6-5(7(9)10)3(2-12)4(13)1-11-6/h1-2,7,13H. The van der Waals surface area contributed by atoms with Crippen molar-refractivity contribution in [1.29, 1.82) is 0 Å². The molecule has 6 heteroatoms. The van der Waals surface area contributed by atoms with Crippen molar-refractivity contribution < 1.29 is 18.7 Å². The van der Waals surface area contributed by atoms with Gasteiger partial charge in [-0.3, -0.25) is 4.79 Å². The third kappa shape index (κ3) is 1.75. The van der Waals surface area contributed by atoms with E-state index in [4.69, 9.17) is 16.7 Å². The Hall–Kier alpha value is -1.23. The topological polar surface area (TPSA) is 50.2 Å². The molecule has 1 aromatic heterocycles. The van der Waals surface area contributed by atoms with Gasteiger partial charge in [-0.15, -0.1) is 0 Å². The largest absolute Gasteiger partial charge is 0.506 e. The summed E-state index contributed by atoms with van der Waals surface area (Å²) in [6, 6.07) is 0. The molecule has 1 aromatic rings. The highest BCUT2D eigenvalue weighted by molar-refractivity contribution is 6.30. The van der Waals surface area contributed by atoms with E-state index < -0.39 is 28.5 Å². The minimum atomic E-state index is -2.94. The molecule has 0 atom stereocenters. The van der Waals surface area contributed by atoms with Crippen molar-refractivity contribution in [3.05, 3.63) is 22.5 Å².